The molecule has 0 radical (unpaired) electrons. The van der Waals surface area contributed by atoms with Crippen LogP contribution in [0.1, 0.15) is 39.2 Å². The number of phenolic OH excluding ortho intramolecular Hbond substituents is 1. The van der Waals surface area contributed by atoms with E-state index in [0.717, 1.165) is 6.42 Å². The van der Waals surface area contributed by atoms with E-state index in [9.17, 15) is 5.11 Å². The lowest BCUT2D eigenvalue weighted by Gasteiger charge is -2.20. The maximum absolute atomic E-state index is 9.22. The van der Waals surface area contributed by atoms with Gasteiger partial charge in [0.25, 0.3) is 0 Å². The van der Waals surface area contributed by atoms with Crippen LogP contribution in [0, 0.1) is 0 Å². The molecule has 1 heteroatoms. The van der Waals surface area contributed by atoms with Gasteiger partial charge in [-0.1, -0.05) is 51.5 Å². The molecule has 0 aliphatic carbocycles. The molecule has 0 amide bonds. The van der Waals surface area contributed by atoms with Crippen LogP contribution in [-0.2, 0) is 5.41 Å². The number of rotatable bonds is 4. The number of hydrogen-bond acceptors (Lipinski definition) is 1. The predicted molar refractivity (Wildman–Crippen MR) is 65.2 cm³/mol. The molecule has 0 fully saturated rings. The summed E-state index contributed by atoms with van der Waals surface area (Å²) in [6.45, 7) is 6.55. The topological polar surface area (TPSA) is 20.2 Å². The van der Waals surface area contributed by atoms with Crippen molar-refractivity contribution in [1.82, 2.24) is 0 Å². The first-order chi connectivity index (χ1) is 7.06. The summed E-state index contributed by atoms with van der Waals surface area (Å²) < 4.78 is 0. The Hall–Kier alpha value is -1.24. The average molecular weight is 204 g/mol. The lowest BCUT2D eigenvalue weighted by atomic mass is 9.84. The van der Waals surface area contributed by atoms with Crippen LogP contribution in [-0.4, -0.2) is 5.11 Å². The van der Waals surface area contributed by atoms with Gasteiger partial charge < -0.3 is 5.11 Å². The molecule has 0 heterocycles. The van der Waals surface area contributed by atoms with Gasteiger partial charge in [-0.15, -0.1) is 0 Å². The van der Waals surface area contributed by atoms with Gasteiger partial charge in [0.15, 0.2) is 0 Å². The van der Waals surface area contributed by atoms with Crippen LogP contribution in [0.3, 0.4) is 0 Å². The molecule has 0 atom stereocenters. The fourth-order valence-corrected chi connectivity index (χ4v) is 1.53. The van der Waals surface area contributed by atoms with E-state index in [1.165, 1.54) is 12.0 Å². The summed E-state index contributed by atoms with van der Waals surface area (Å²) in [5, 5.41) is 9.22. The number of benzene rings is 1. The van der Waals surface area contributed by atoms with E-state index in [1.54, 1.807) is 12.1 Å². The lowest BCUT2D eigenvalue weighted by Crippen LogP contribution is -2.12. The van der Waals surface area contributed by atoms with Gasteiger partial charge in [-0.3, -0.25) is 0 Å². The van der Waals surface area contributed by atoms with Crippen LogP contribution in [0.5, 0.6) is 5.75 Å². The number of aromatic hydroxyl groups is 1. The molecule has 0 aliphatic rings. The van der Waals surface area contributed by atoms with Gasteiger partial charge in [0.1, 0.15) is 5.75 Å². The Morgan fingerprint density at radius 3 is 2.33 bits per heavy atom. The van der Waals surface area contributed by atoms with Crippen LogP contribution in [0.2, 0.25) is 0 Å². The highest BCUT2D eigenvalue weighted by atomic mass is 16.3. The molecule has 1 nitrogen and oxygen atoms in total. The Balaban J connectivity index is 2.80. The predicted octanol–water partition coefficient (Wildman–Crippen LogP) is 4.03. The Morgan fingerprint density at radius 2 is 1.80 bits per heavy atom. The highest BCUT2D eigenvalue weighted by Crippen LogP contribution is 2.26. The number of phenols is 1. The van der Waals surface area contributed by atoms with Crippen LogP contribution in [0.15, 0.2) is 36.4 Å². The monoisotopic (exact) mass is 204 g/mol. The Morgan fingerprint density at radius 1 is 1.20 bits per heavy atom. The van der Waals surface area contributed by atoms with Crippen molar-refractivity contribution in [3.63, 3.8) is 0 Å². The Labute approximate surface area is 92.5 Å². The minimum absolute atomic E-state index is 0.0445. The number of allylic oxidation sites excluding steroid dienone is 2. The second-order valence-electron chi connectivity index (χ2n) is 4.46. The minimum atomic E-state index is 0.0445. The molecular weight excluding hydrogens is 184 g/mol. The molecule has 0 aromatic heterocycles. The van der Waals surface area contributed by atoms with E-state index in [0.29, 0.717) is 5.75 Å². The van der Waals surface area contributed by atoms with Gasteiger partial charge in [-0.2, -0.15) is 0 Å². The van der Waals surface area contributed by atoms with E-state index in [1.807, 2.05) is 12.1 Å². The van der Waals surface area contributed by atoms with Crippen molar-refractivity contribution in [1.29, 1.82) is 0 Å². The molecule has 1 aromatic carbocycles. The van der Waals surface area contributed by atoms with E-state index in [4.69, 9.17) is 0 Å². The summed E-state index contributed by atoms with van der Waals surface area (Å²) >= 11 is 0. The zero-order valence-electron chi connectivity index (χ0n) is 9.83. The number of hydrogen-bond donors (Lipinski definition) is 1. The van der Waals surface area contributed by atoms with Crippen molar-refractivity contribution < 1.29 is 5.11 Å². The number of unbranched alkanes of at least 4 members (excludes halogenated alkanes) is 1. The molecule has 0 unspecified atom stereocenters. The average Bonchev–Trinajstić information content (AvgIpc) is 2.18. The maximum atomic E-state index is 9.22. The highest BCUT2D eigenvalue weighted by Gasteiger charge is 2.15. The van der Waals surface area contributed by atoms with Gasteiger partial charge in [-0.25, -0.2) is 0 Å². The van der Waals surface area contributed by atoms with Crippen molar-refractivity contribution in [3.05, 3.63) is 42.0 Å². The molecule has 1 aromatic rings. The molecule has 0 saturated heterocycles. The first-order valence-corrected chi connectivity index (χ1v) is 5.53. The first-order valence-electron chi connectivity index (χ1n) is 5.53. The molecule has 15 heavy (non-hydrogen) atoms. The molecule has 0 saturated carbocycles. The van der Waals surface area contributed by atoms with Crippen molar-refractivity contribution in [2.45, 2.75) is 39.0 Å². The second-order valence-corrected chi connectivity index (χ2v) is 4.46. The van der Waals surface area contributed by atoms with Gasteiger partial charge in [0.05, 0.1) is 0 Å². The van der Waals surface area contributed by atoms with Crippen LogP contribution < -0.4 is 0 Å². The quantitative estimate of drug-likeness (QED) is 0.734. The SMILES string of the molecule is CCCC=CC(C)(C)c1ccc(O)cc1. The van der Waals surface area contributed by atoms with Crippen molar-refractivity contribution >= 4 is 0 Å². The van der Waals surface area contributed by atoms with Gasteiger partial charge in [0.2, 0.25) is 0 Å². The zero-order chi connectivity index (χ0) is 11.3. The zero-order valence-corrected chi connectivity index (χ0v) is 9.83. The standard InChI is InChI=1S/C14H20O/c1-4-5-6-11-14(2,3)12-7-9-13(15)10-8-12/h6-11,15H,4-5H2,1-3H3. The van der Waals surface area contributed by atoms with Gasteiger partial charge >= 0.3 is 0 Å². The van der Waals surface area contributed by atoms with Crippen LogP contribution >= 0.6 is 0 Å². The molecule has 82 valence electrons. The van der Waals surface area contributed by atoms with E-state index >= 15 is 0 Å². The molecule has 0 aliphatic heterocycles. The Bertz CT molecular complexity index is 320. The summed E-state index contributed by atoms with van der Waals surface area (Å²) in [6, 6.07) is 7.44. The molecule has 1 rings (SSSR count). The normalized spacial score (nSPS) is 12.2. The van der Waals surface area contributed by atoms with Gasteiger partial charge in [-0.05, 0) is 24.1 Å². The van der Waals surface area contributed by atoms with E-state index < -0.39 is 0 Å². The first kappa shape index (κ1) is 11.8. The molecule has 1 N–H and O–H groups in total. The van der Waals surface area contributed by atoms with Gasteiger partial charge in [0, 0.05) is 5.41 Å². The summed E-state index contributed by atoms with van der Waals surface area (Å²) in [7, 11) is 0. The van der Waals surface area contributed by atoms with Crippen molar-refractivity contribution in [2.75, 3.05) is 0 Å². The lowest BCUT2D eigenvalue weighted by molar-refractivity contribution is 0.474. The molecular formula is C14H20O. The third kappa shape index (κ3) is 3.43. The molecule has 0 spiro atoms. The smallest absolute Gasteiger partial charge is 0.115 e. The largest absolute Gasteiger partial charge is 0.508 e. The van der Waals surface area contributed by atoms with E-state index in [-0.39, 0.29) is 5.41 Å². The highest BCUT2D eigenvalue weighted by molar-refractivity contribution is 5.33. The van der Waals surface area contributed by atoms with Crippen molar-refractivity contribution in [2.24, 2.45) is 0 Å². The fraction of sp³-hybridized carbons (Fsp3) is 0.429. The minimum Gasteiger partial charge on any atom is -0.508 e. The Kier molecular flexibility index (Phi) is 3.96. The third-order valence-corrected chi connectivity index (χ3v) is 2.60. The molecule has 0 bridgehead atoms. The third-order valence-electron chi connectivity index (χ3n) is 2.60. The summed E-state index contributed by atoms with van der Waals surface area (Å²) in [4.78, 5) is 0. The van der Waals surface area contributed by atoms with Crippen LogP contribution in [0.4, 0.5) is 0 Å². The fourth-order valence-electron chi connectivity index (χ4n) is 1.53. The van der Waals surface area contributed by atoms with Crippen molar-refractivity contribution in [3.8, 4) is 5.75 Å². The summed E-state index contributed by atoms with van der Waals surface area (Å²) in [5.41, 5.74) is 1.27. The summed E-state index contributed by atoms with van der Waals surface area (Å²) in [6.07, 6.45) is 6.78. The van der Waals surface area contributed by atoms with Crippen LogP contribution in [0.25, 0.3) is 0 Å². The van der Waals surface area contributed by atoms with E-state index in [2.05, 4.69) is 32.9 Å². The summed E-state index contributed by atoms with van der Waals surface area (Å²) in [5.74, 6) is 0.326. The second kappa shape index (κ2) is 5.01. The maximum Gasteiger partial charge on any atom is 0.115 e.